The zero-order valence-corrected chi connectivity index (χ0v) is 11.6. The van der Waals surface area contributed by atoms with Gasteiger partial charge in [0.05, 0.1) is 18.2 Å². The van der Waals surface area contributed by atoms with Crippen molar-refractivity contribution < 1.29 is 5.11 Å². The van der Waals surface area contributed by atoms with E-state index in [4.69, 9.17) is 0 Å². The molecule has 0 aromatic heterocycles. The van der Waals surface area contributed by atoms with Crippen LogP contribution >= 0.6 is 15.9 Å². The largest absolute Gasteiger partial charge is 0.393 e. The maximum atomic E-state index is 10.3. The summed E-state index contributed by atoms with van der Waals surface area (Å²) in [5.74, 6) is 3.64. The van der Waals surface area contributed by atoms with E-state index < -0.39 is 0 Å². The Morgan fingerprint density at radius 3 is 2.78 bits per heavy atom. The first-order chi connectivity index (χ1) is 8.77. The minimum Gasteiger partial charge on any atom is -0.393 e. The second-order valence-corrected chi connectivity index (χ2v) is 7.82. The molecule has 1 N–H and O–H groups in total. The summed E-state index contributed by atoms with van der Waals surface area (Å²) in [5, 5.41) is 19.5. The smallest absolute Gasteiger partial charge is 0.0810 e. The lowest BCUT2D eigenvalue weighted by molar-refractivity contribution is -0.0311. The minimum absolute atomic E-state index is 0.112. The number of aliphatic hydroxyl groups excluding tert-OH is 1. The molecule has 0 amide bonds. The number of fused-ring (bicyclic) bond motifs is 2. The summed E-state index contributed by atoms with van der Waals surface area (Å²) in [4.78, 5) is 0.499. The van der Waals surface area contributed by atoms with Crippen molar-refractivity contribution in [2.75, 3.05) is 0 Å². The summed E-state index contributed by atoms with van der Waals surface area (Å²) in [6, 6.07) is 0.788. The van der Waals surface area contributed by atoms with Crippen LogP contribution in [0.1, 0.15) is 12.8 Å². The lowest BCUT2D eigenvalue weighted by atomic mass is 9.58. The maximum absolute atomic E-state index is 10.3. The Morgan fingerprint density at radius 2 is 1.89 bits per heavy atom. The van der Waals surface area contributed by atoms with Crippen molar-refractivity contribution in [3.05, 3.63) is 12.2 Å². The molecule has 10 atom stereocenters. The zero-order chi connectivity index (χ0) is 12.0. The quantitative estimate of drug-likeness (QED) is 0.542. The molecule has 4 heteroatoms. The van der Waals surface area contributed by atoms with Gasteiger partial charge in [-0.25, -0.2) is 0 Å². The highest BCUT2D eigenvalue weighted by Gasteiger charge is 2.68. The van der Waals surface area contributed by atoms with Gasteiger partial charge in [0, 0.05) is 16.7 Å². The van der Waals surface area contributed by atoms with Gasteiger partial charge in [-0.05, 0) is 36.5 Å². The molecule has 0 spiro atoms. The predicted octanol–water partition coefficient (Wildman–Crippen LogP) is 2.40. The molecule has 0 aromatic rings. The normalized spacial score (nSPS) is 66.6. The molecule has 96 valence electrons. The third kappa shape index (κ3) is 0.998. The highest BCUT2D eigenvalue weighted by atomic mass is 79.9. The van der Waals surface area contributed by atoms with Crippen LogP contribution in [0.3, 0.4) is 0 Å². The maximum Gasteiger partial charge on any atom is 0.0810 e. The van der Waals surface area contributed by atoms with Crippen LogP contribution in [0.25, 0.3) is 0 Å². The number of rotatable bonds is 0. The highest BCUT2D eigenvalue weighted by Crippen LogP contribution is 2.65. The lowest BCUT2D eigenvalue weighted by Crippen LogP contribution is -2.55. The van der Waals surface area contributed by atoms with E-state index in [9.17, 15) is 5.11 Å². The summed E-state index contributed by atoms with van der Waals surface area (Å²) in [6.07, 6.45) is 6.76. The summed E-state index contributed by atoms with van der Waals surface area (Å²) in [6.45, 7) is 0. The van der Waals surface area contributed by atoms with E-state index in [1.807, 2.05) is 0 Å². The summed E-state index contributed by atoms with van der Waals surface area (Å²) >= 11 is 3.86. The average molecular weight is 309 g/mol. The highest BCUT2D eigenvalue weighted by molar-refractivity contribution is 9.09. The van der Waals surface area contributed by atoms with Gasteiger partial charge in [-0.1, -0.05) is 28.1 Å². The molecule has 18 heavy (non-hydrogen) atoms. The van der Waals surface area contributed by atoms with Crippen LogP contribution in [0.5, 0.6) is 0 Å². The van der Waals surface area contributed by atoms with Gasteiger partial charge in [0.25, 0.3) is 0 Å². The van der Waals surface area contributed by atoms with E-state index in [2.05, 4.69) is 38.3 Å². The van der Waals surface area contributed by atoms with Gasteiger partial charge in [-0.2, -0.15) is 10.2 Å². The van der Waals surface area contributed by atoms with Crippen LogP contribution in [0.4, 0.5) is 0 Å². The van der Waals surface area contributed by atoms with Gasteiger partial charge in [0.1, 0.15) is 0 Å². The summed E-state index contributed by atoms with van der Waals surface area (Å²) in [7, 11) is 0. The van der Waals surface area contributed by atoms with E-state index in [1.54, 1.807) is 0 Å². The first kappa shape index (κ1) is 10.6. The molecule has 10 unspecified atom stereocenters. The fourth-order valence-corrected chi connectivity index (χ4v) is 7.09. The number of allylic oxidation sites excluding steroid dienone is 1. The molecule has 4 bridgehead atoms. The van der Waals surface area contributed by atoms with E-state index in [1.165, 1.54) is 6.42 Å². The molecule has 0 aromatic carbocycles. The first-order valence-corrected chi connectivity index (χ1v) is 8.07. The Morgan fingerprint density at radius 1 is 1.06 bits per heavy atom. The van der Waals surface area contributed by atoms with Crippen LogP contribution in [0.15, 0.2) is 22.4 Å². The second-order valence-electron chi connectivity index (χ2n) is 6.76. The molecule has 2 aliphatic heterocycles. The van der Waals surface area contributed by atoms with Crippen LogP contribution in [0, 0.1) is 35.5 Å². The molecular weight excluding hydrogens is 292 g/mol. The van der Waals surface area contributed by atoms with E-state index in [0.717, 1.165) is 6.42 Å². The Bertz CT molecular complexity index is 465. The Labute approximate surface area is 115 Å². The van der Waals surface area contributed by atoms with Crippen molar-refractivity contribution in [1.82, 2.24) is 0 Å². The zero-order valence-electron chi connectivity index (χ0n) is 10.1. The molecule has 0 radical (unpaired) electrons. The van der Waals surface area contributed by atoms with Crippen molar-refractivity contribution in [3.63, 3.8) is 0 Å². The van der Waals surface area contributed by atoms with Gasteiger partial charge < -0.3 is 5.11 Å². The third-order valence-electron chi connectivity index (χ3n) is 6.33. The summed E-state index contributed by atoms with van der Waals surface area (Å²) < 4.78 is 0. The van der Waals surface area contributed by atoms with Crippen molar-refractivity contribution in [2.24, 2.45) is 45.7 Å². The van der Waals surface area contributed by atoms with Gasteiger partial charge >= 0.3 is 0 Å². The number of halogens is 1. The van der Waals surface area contributed by atoms with Gasteiger partial charge in [-0.15, -0.1) is 0 Å². The molecule has 3 saturated carbocycles. The van der Waals surface area contributed by atoms with Gasteiger partial charge in [0.2, 0.25) is 0 Å². The molecule has 6 rings (SSSR count). The topological polar surface area (TPSA) is 45.0 Å². The van der Waals surface area contributed by atoms with Crippen molar-refractivity contribution in [1.29, 1.82) is 0 Å². The minimum atomic E-state index is -0.112. The Kier molecular flexibility index (Phi) is 1.91. The van der Waals surface area contributed by atoms with Crippen LogP contribution in [0.2, 0.25) is 0 Å². The third-order valence-corrected chi connectivity index (χ3v) is 7.62. The number of azo groups is 1. The molecule has 3 nitrogen and oxygen atoms in total. The van der Waals surface area contributed by atoms with Crippen LogP contribution < -0.4 is 0 Å². The van der Waals surface area contributed by atoms with Crippen molar-refractivity contribution >= 4 is 15.9 Å². The lowest BCUT2D eigenvalue weighted by Gasteiger charge is -2.51. The summed E-state index contributed by atoms with van der Waals surface area (Å²) in [5.41, 5.74) is 0. The number of aliphatic hydroxyl groups is 1. The fourth-order valence-electron chi connectivity index (χ4n) is 5.82. The number of nitrogens with zero attached hydrogens (tertiary/aromatic N) is 2. The molecular formula is C14H17BrN2O. The molecule has 0 saturated heterocycles. The Balaban J connectivity index is 1.63. The standard InChI is InChI=1S/C14H17BrN2O/c15-12-7-4-8(18)10(12)11-9(7)13-5-2-1-3-6(5)14(11)17-16-13/h1,3,5-14,18H,2,4H2. The fraction of sp³-hybridized carbons (Fsp3) is 0.857. The van der Waals surface area contributed by atoms with Crippen LogP contribution in [-0.2, 0) is 0 Å². The predicted molar refractivity (Wildman–Crippen MR) is 70.5 cm³/mol. The van der Waals surface area contributed by atoms with Gasteiger partial charge in [0.15, 0.2) is 0 Å². The van der Waals surface area contributed by atoms with Gasteiger partial charge in [-0.3, -0.25) is 0 Å². The molecule has 4 aliphatic carbocycles. The van der Waals surface area contributed by atoms with Crippen molar-refractivity contribution in [3.8, 4) is 0 Å². The number of alkyl halides is 1. The first-order valence-electron chi connectivity index (χ1n) is 7.16. The van der Waals surface area contributed by atoms with E-state index >= 15 is 0 Å². The number of hydrogen-bond acceptors (Lipinski definition) is 3. The second kappa shape index (κ2) is 3.26. The number of hydrogen-bond donors (Lipinski definition) is 1. The van der Waals surface area contributed by atoms with E-state index in [0.29, 0.717) is 52.4 Å². The van der Waals surface area contributed by atoms with Crippen molar-refractivity contribution in [2.45, 2.75) is 35.9 Å². The molecule has 2 heterocycles. The Hall–Kier alpha value is -0.220. The molecule has 3 fully saturated rings. The average Bonchev–Trinajstić information content (AvgIpc) is 3.02. The SMILES string of the molecule is OC1CC2C(Br)C1C1C3N=NC(C4CC=CC43)C21. The molecule has 6 aliphatic rings. The van der Waals surface area contributed by atoms with Crippen LogP contribution in [-0.4, -0.2) is 28.1 Å². The monoisotopic (exact) mass is 308 g/mol. The van der Waals surface area contributed by atoms with E-state index in [-0.39, 0.29) is 6.10 Å².